The molecule has 180 valence electrons. The van der Waals surface area contributed by atoms with Crippen molar-refractivity contribution in [1.82, 2.24) is 0 Å². The van der Waals surface area contributed by atoms with Crippen molar-refractivity contribution in [2.75, 3.05) is 22.8 Å². The fourth-order valence-electron chi connectivity index (χ4n) is 3.03. The number of amides is 1. The monoisotopic (exact) mass is 496 g/mol. The summed E-state index contributed by atoms with van der Waals surface area (Å²) in [5.74, 6) is -1.05. The fourth-order valence-corrected chi connectivity index (χ4v) is 4.45. The van der Waals surface area contributed by atoms with Gasteiger partial charge >= 0.3 is 6.18 Å². The van der Waals surface area contributed by atoms with Gasteiger partial charge in [0.05, 0.1) is 22.8 Å². The highest BCUT2D eigenvalue weighted by atomic mass is 32.2. The van der Waals surface area contributed by atoms with E-state index in [2.05, 4.69) is 5.32 Å². The highest BCUT2D eigenvalue weighted by Crippen LogP contribution is 2.31. The first-order chi connectivity index (χ1) is 16.0. The number of halogens is 4. The zero-order valence-corrected chi connectivity index (χ0v) is 18.7. The van der Waals surface area contributed by atoms with Crippen LogP contribution in [-0.2, 0) is 21.0 Å². The Bertz CT molecular complexity index is 1250. The SMILES string of the molecule is CCOc1ccc(N(CC(=O)Nc2cccc(C(F)(F)F)c2)S(=O)(=O)c2ccc(F)cc2)cc1. The molecule has 3 aromatic carbocycles. The third-order valence-corrected chi connectivity index (χ3v) is 6.39. The first kappa shape index (κ1) is 25.0. The Morgan fingerprint density at radius 3 is 2.24 bits per heavy atom. The molecule has 0 saturated carbocycles. The number of carbonyl (C=O) groups is 1. The lowest BCUT2D eigenvalue weighted by molar-refractivity contribution is -0.137. The predicted octanol–water partition coefficient (Wildman–Crippen LogP) is 5.08. The molecule has 0 aromatic heterocycles. The average Bonchev–Trinajstić information content (AvgIpc) is 2.78. The van der Waals surface area contributed by atoms with Crippen molar-refractivity contribution in [3.8, 4) is 5.75 Å². The van der Waals surface area contributed by atoms with Crippen LogP contribution < -0.4 is 14.4 Å². The van der Waals surface area contributed by atoms with Crippen LogP contribution in [0.3, 0.4) is 0 Å². The molecule has 1 N–H and O–H groups in total. The van der Waals surface area contributed by atoms with Gasteiger partial charge in [0, 0.05) is 5.69 Å². The number of anilines is 2. The van der Waals surface area contributed by atoms with Gasteiger partial charge in [-0.05, 0) is 73.7 Å². The Hall–Kier alpha value is -3.60. The van der Waals surface area contributed by atoms with Gasteiger partial charge in [-0.1, -0.05) is 6.07 Å². The number of ether oxygens (including phenoxy) is 1. The lowest BCUT2D eigenvalue weighted by atomic mass is 10.2. The first-order valence-electron chi connectivity index (χ1n) is 9.99. The van der Waals surface area contributed by atoms with Crippen molar-refractivity contribution >= 4 is 27.3 Å². The molecule has 3 rings (SSSR count). The van der Waals surface area contributed by atoms with Gasteiger partial charge in [0.1, 0.15) is 18.1 Å². The number of alkyl halides is 3. The zero-order valence-electron chi connectivity index (χ0n) is 17.8. The second-order valence-electron chi connectivity index (χ2n) is 7.02. The molecular formula is C23H20F4N2O4S. The Balaban J connectivity index is 1.92. The Kier molecular flexibility index (Phi) is 7.45. The van der Waals surface area contributed by atoms with Crippen molar-refractivity contribution in [3.05, 3.63) is 84.2 Å². The van der Waals surface area contributed by atoms with E-state index in [4.69, 9.17) is 4.74 Å². The molecule has 0 bridgehead atoms. The normalized spacial score (nSPS) is 11.7. The van der Waals surface area contributed by atoms with E-state index < -0.39 is 40.0 Å². The molecule has 11 heteroatoms. The molecule has 0 heterocycles. The molecule has 0 radical (unpaired) electrons. The van der Waals surface area contributed by atoms with Crippen LogP contribution in [0.15, 0.2) is 77.7 Å². The minimum atomic E-state index is -4.61. The van der Waals surface area contributed by atoms with Crippen LogP contribution >= 0.6 is 0 Å². The minimum absolute atomic E-state index is 0.104. The Morgan fingerprint density at radius 1 is 1.00 bits per heavy atom. The molecule has 0 saturated heterocycles. The lowest BCUT2D eigenvalue weighted by Crippen LogP contribution is -2.38. The van der Waals surface area contributed by atoms with Gasteiger partial charge in [-0.25, -0.2) is 12.8 Å². The first-order valence-corrected chi connectivity index (χ1v) is 11.4. The number of carbonyl (C=O) groups excluding carboxylic acids is 1. The third kappa shape index (κ3) is 6.04. The van der Waals surface area contributed by atoms with E-state index in [-0.39, 0.29) is 16.3 Å². The second-order valence-corrected chi connectivity index (χ2v) is 8.88. The summed E-state index contributed by atoms with van der Waals surface area (Å²) in [4.78, 5) is 12.4. The summed E-state index contributed by atoms with van der Waals surface area (Å²) in [5, 5.41) is 2.29. The van der Waals surface area contributed by atoms with E-state index in [1.807, 2.05) is 0 Å². The van der Waals surface area contributed by atoms with Crippen molar-refractivity contribution in [1.29, 1.82) is 0 Å². The Labute approximate surface area is 193 Å². The van der Waals surface area contributed by atoms with Crippen molar-refractivity contribution in [2.45, 2.75) is 18.0 Å². The number of benzene rings is 3. The number of nitrogens with zero attached hydrogens (tertiary/aromatic N) is 1. The van der Waals surface area contributed by atoms with Gasteiger partial charge in [-0.2, -0.15) is 13.2 Å². The van der Waals surface area contributed by atoms with Gasteiger partial charge in [0.25, 0.3) is 10.0 Å². The summed E-state index contributed by atoms with van der Waals surface area (Å²) in [7, 11) is -4.33. The van der Waals surface area contributed by atoms with E-state index in [1.54, 1.807) is 6.92 Å². The summed E-state index contributed by atoms with van der Waals surface area (Å²) in [6.45, 7) is 1.41. The highest BCUT2D eigenvalue weighted by molar-refractivity contribution is 7.92. The van der Waals surface area contributed by atoms with Gasteiger partial charge in [-0.3, -0.25) is 9.10 Å². The molecular weight excluding hydrogens is 476 g/mol. The second kappa shape index (κ2) is 10.1. The van der Waals surface area contributed by atoms with E-state index in [0.717, 1.165) is 46.8 Å². The van der Waals surface area contributed by atoms with Gasteiger partial charge in [-0.15, -0.1) is 0 Å². The minimum Gasteiger partial charge on any atom is -0.494 e. The summed E-state index contributed by atoms with van der Waals surface area (Å²) in [6.07, 6.45) is -4.61. The summed E-state index contributed by atoms with van der Waals surface area (Å²) in [5.41, 5.74) is -1.01. The third-order valence-electron chi connectivity index (χ3n) is 4.60. The molecule has 0 aliphatic rings. The maximum Gasteiger partial charge on any atom is 0.416 e. The Morgan fingerprint density at radius 2 is 1.65 bits per heavy atom. The smallest absolute Gasteiger partial charge is 0.416 e. The van der Waals surface area contributed by atoms with Crippen LogP contribution in [0.4, 0.5) is 28.9 Å². The molecule has 6 nitrogen and oxygen atoms in total. The maximum absolute atomic E-state index is 13.3. The summed E-state index contributed by atoms with van der Waals surface area (Å²) >= 11 is 0. The van der Waals surface area contributed by atoms with Gasteiger partial charge in [0.15, 0.2) is 0 Å². The van der Waals surface area contributed by atoms with E-state index in [9.17, 15) is 30.8 Å². The number of hydrogen-bond acceptors (Lipinski definition) is 4. The van der Waals surface area contributed by atoms with Gasteiger partial charge in [0.2, 0.25) is 5.91 Å². The predicted molar refractivity (Wildman–Crippen MR) is 119 cm³/mol. The maximum atomic E-state index is 13.3. The molecule has 0 unspecified atom stereocenters. The quantitative estimate of drug-likeness (QED) is 0.442. The van der Waals surface area contributed by atoms with Crippen LogP contribution in [-0.4, -0.2) is 27.5 Å². The lowest BCUT2D eigenvalue weighted by Gasteiger charge is -2.24. The van der Waals surface area contributed by atoms with Crippen LogP contribution in [0.1, 0.15) is 12.5 Å². The van der Waals surface area contributed by atoms with Crippen molar-refractivity contribution < 1.29 is 35.5 Å². The van der Waals surface area contributed by atoms with E-state index in [1.165, 1.54) is 30.3 Å². The molecule has 1 amide bonds. The number of nitrogens with one attached hydrogen (secondary N) is 1. The van der Waals surface area contributed by atoms with Crippen LogP contribution in [0.2, 0.25) is 0 Å². The average molecular weight is 496 g/mol. The van der Waals surface area contributed by atoms with Gasteiger partial charge < -0.3 is 10.1 Å². The summed E-state index contributed by atoms with van der Waals surface area (Å²) in [6, 6.07) is 13.9. The molecule has 0 aliphatic carbocycles. The van der Waals surface area contributed by atoms with Crippen LogP contribution in [0.5, 0.6) is 5.75 Å². The van der Waals surface area contributed by atoms with E-state index >= 15 is 0 Å². The molecule has 0 aliphatic heterocycles. The van der Waals surface area contributed by atoms with Crippen molar-refractivity contribution in [2.24, 2.45) is 0 Å². The highest BCUT2D eigenvalue weighted by Gasteiger charge is 2.31. The van der Waals surface area contributed by atoms with E-state index in [0.29, 0.717) is 12.4 Å². The molecule has 0 spiro atoms. The largest absolute Gasteiger partial charge is 0.494 e. The topological polar surface area (TPSA) is 75.7 Å². The molecule has 3 aromatic rings. The number of rotatable bonds is 8. The molecule has 0 atom stereocenters. The number of sulfonamides is 1. The van der Waals surface area contributed by atoms with Crippen molar-refractivity contribution in [3.63, 3.8) is 0 Å². The molecule has 34 heavy (non-hydrogen) atoms. The zero-order chi connectivity index (χ0) is 24.9. The molecule has 0 fully saturated rings. The van der Waals surface area contributed by atoms with Crippen LogP contribution in [0.25, 0.3) is 0 Å². The standard InChI is InChI=1S/C23H20F4N2O4S/c1-2-33-20-10-8-19(9-11-20)29(34(31,32)21-12-6-17(24)7-13-21)15-22(30)28-18-5-3-4-16(14-18)23(25,26)27/h3-14H,2,15H2,1H3,(H,28,30). The fraction of sp³-hybridized carbons (Fsp3) is 0.174. The summed E-state index contributed by atoms with van der Waals surface area (Å²) < 4.78 is 84.9. The van der Waals surface area contributed by atoms with Crippen LogP contribution in [0, 0.1) is 5.82 Å². The number of hydrogen-bond donors (Lipinski definition) is 1.